The Morgan fingerprint density at radius 1 is 1.10 bits per heavy atom. The van der Waals surface area contributed by atoms with Gasteiger partial charge in [-0.05, 0) is 44.7 Å². The Morgan fingerprint density at radius 2 is 1.79 bits per heavy atom. The van der Waals surface area contributed by atoms with Crippen LogP contribution in [0.3, 0.4) is 0 Å². The number of ether oxygens (including phenoxy) is 1. The number of nitrogens with zero attached hydrogens (tertiary/aromatic N) is 4. The van der Waals surface area contributed by atoms with Gasteiger partial charge in [0.05, 0.1) is 25.5 Å². The maximum atomic E-state index is 14.9. The van der Waals surface area contributed by atoms with Gasteiger partial charge >= 0.3 is 5.92 Å². The molecule has 39 heavy (non-hydrogen) atoms. The van der Waals surface area contributed by atoms with E-state index >= 15 is 0 Å². The van der Waals surface area contributed by atoms with Crippen molar-refractivity contribution in [3.05, 3.63) is 29.5 Å². The van der Waals surface area contributed by atoms with Gasteiger partial charge < -0.3 is 25.2 Å². The summed E-state index contributed by atoms with van der Waals surface area (Å²) in [5.74, 6) is -4.00. The minimum absolute atomic E-state index is 0.129. The van der Waals surface area contributed by atoms with Gasteiger partial charge in [0, 0.05) is 30.3 Å². The van der Waals surface area contributed by atoms with Crippen molar-refractivity contribution in [3.8, 4) is 5.75 Å². The fourth-order valence-corrected chi connectivity index (χ4v) is 6.03. The number of benzene rings is 1. The van der Waals surface area contributed by atoms with Crippen molar-refractivity contribution in [1.29, 1.82) is 0 Å². The molecule has 0 bridgehead atoms. The van der Waals surface area contributed by atoms with E-state index in [0.717, 1.165) is 56.3 Å². The first-order valence-corrected chi connectivity index (χ1v) is 13.7. The van der Waals surface area contributed by atoms with Crippen LogP contribution in [0.4, 0.5) is 31.9 Å². The second-order valence-electron chi connectivity index (χ2n) is 10.8. The minimum atomic E-state index is -3.54. The number of fused-ring (bicyclic) bond motifs is 1. The molecule has 2 fully saturated rings. The monoisotopic (exact) mass is 542 g/mol. The number of halogens is 2. The average molecular weight is 543 g/mol. The number of carbonyl (C=O) groups is 2. The largest absolute Gasteiger partial charge is 0.494 e. The molecule has 11 heteroatoms. The number of hydrogen-bond acceptors (Lipinski definition) is 7. The van der Waals surface area contributed by atoms with Crippen molar-refractivity contribution in [2.75, 3.05) is 35.8 Å². The maximum Gasteiger partial charge on any atom is 0.342 e. The fraction of sp³-hybridized carbons (Fsp3) is 0.571. The van der Waals surface area contributed by atoms with Crippen LogP contribution in [0, 0.1) is 6.92 Å². The summed E-state index contributed by atoms with van der Waals surface area (Å²) in [6, 6.07) is 3.52. The molecule has 2 N–H and O–H groups in total. The van der Waals surface area contributed by atoms with Gasteiger partial charge in [0.2, 0.25) is 5.95 Å². The first kappa shape index (κ1) is 27.1. The number of nitrogens with one attached hydrogen (secondary N) is 2. The lowest BCUT2D eigenvalue weighted by Gasteiger charge is -2.31. The third-order valence-electron chi connectivity index (χ3n) is 8.18. The van der Waals surface area contributed by atoms with Crippen molar-refractivity contribution in [1.82, 2.24) is 15.3 Å². The first-order valence-electron chi connectivity index (χ1n) is 13.7. The molecule has 210 valence electrons. The molecule has 0 radical (unpaired) electrons. The number of rotatable bonds is 6. The summed E-state index contributed by atoms with van der Waals surface area (Å²) in [5.41, 5.74) is 1.98. The molecule has 2 aliphatic carbocycles. The first-order chi connectivity index (χ1) is 18.7. The van der Waals surface area contributed by atoms with Crippen LogP contribution >= 0.6 is 0 Å². The summed E-state index contributed by atoms with van der Waals surface area (Å²) < 4.78 is 35.4. The summed E-state index contributed by atoms with van der Waals surface area (Å²) in [4.78, 5) is 37.0. The van der Waals surface area contributed by atoms with Crippen LogP contribution in [0.25, 0.3) is 0 Å². The molecule has 2 aromatic rings. The SMILES string of the molecule is COc1c(Nc2ncc3c(n2)N(C2CCCC2)CC(F)(F)C(=O)N3C)ccc(C(=O)NC2CCCCC2)c1C. The average Bonchev–Trinajstić information content (AvgIpc) is 3.44. The highest BCUT2D eigenvalue weighted by Crippen LogP contribution is 2.40. The van der Waals surface area contributed by atoms with Crippen LogP contribution in [-0.2, 0) is 4.79 Å². The third-order valence-corrected chi connectivity index (χ3v) is 8.18. The normalized spacial score (nSPS) is 20.0. The molecular formula is C28H36F2N6O3. The zero-order valence-corrected chi connectivity index (χ0v) is 22.7. The van der Waals surface area contributed by atoms with Gasteiger partial charge in [0.25, 0.3) is 11.8 Å². The zero-order valence-electron chi connectivity index (χ0n) is 22.7. The highest BCUT2D eigenvalue weighted by atomic mass is 19.3. The Labute approximate surface area is 227 Å². The van der Waals surface area contributed by atoms with Gasteiger partial charge in [-0.1, -0.05) is 32.1 Å². The number of alkyl halides is 2. The van der Waals surface area contributed by atoms with E-state index < -0.39 is 18.4 Å². The predicted octanol–water partition coefficient (Wildman–Crippen LogP) is 4.96. The second-order valence-corrected chi connectivity index (χ2v) is 10.8. The Kier molecular flexibility index (Phi) is 7.59. The number of methoxy groups -OCH3 is 1. The lowest BCUT2D eigenvalue weighted by Crippen LogP contribution is -2.48. The zero-order chi connectivity index (χ0) is 27.7. The number of amides is 2. The summed E-state index contributed by atoms with van der Waals surface area (Å²) in [5, 5.41) is 6.29. The summed E-state index contributed by atoms with van der Waals surface area (Å²) in [7, 11) is 2.85. The van der Waals surface area contributed by atoms with Gasteiger partial charge in [-0.25, -0.2) is 4.98 Å². The van der Waals surface area contributed by atoms with Gasteiger partial charge in [-0.15, -0.1) is 0 Å². The Hall–Kier alpha value is -3.50. The van der Waals surface area contributed by atoms with E-state index in [2.05, 4.69) is 20.6 Å². The Balaban J connectivity index is 1.44. The molecule has 2 amide bonds. The molecule has 3 aliphatic rings. The molecular weight excluding hydrogens is 506 g/mol. The van der Waals surface area contributed by atoms with Gasteiger partial charge in [0.1, 0.15) is 11.4 Å². The fourth-order valence-electron chi connectivity index (χ4n) is 6.03. The molecule has 0 saturated heterocycles. The molecule has 1 aromatic carbocycles. The lowest BCUT2D eigenvalue weighted by molar-refractivity contribution is -0.140. The highest BCUT2D eigenvalue weighted by molar-refractivity contribution is 6.02. The minimum Gasteiger partial charge on any atom is -0.494 e. The number of hydrogen-bond donors (Lipinski definition) is 2. The Morgan fingerprint density at radius 3 is 2.49 bits per heavy atom. The topological polar surface area (TPSA) is 99.7 Å². The molecule has 2 saturated carbocycles. The maximum absolute atomic E-state index is 14.9. The molecule has 9 nitrogen and oxygen atoms in total. The van der Waals surface area contributed by atoms with Crippen molar-refractivity contribution in [2.24, 2.45) is 0 Å². The molecule has 0 spiro atoms. The van der Waals surface area contributed by atoms with Crippen molar-refractivity contribution >= 4 is 35.0 Å². The number of carbonyl (C=O) groups excluding carboxylic acids is 2. The molecule has 5 rings (SSSR count). The van der Waals surface area contributed by atoms with E-state index in [9.17, 15) is 18.4 Å². The van der Waals surface area contributed by atoms with Crippen LogP contribution in [0.15, 0.2) is 18.3 Å². The summed E-state index contributed by atoms with van der Waals surface area (Å²) in [6.07, 6.45) is 10.2. The van der Waals surface area contributed by atoms with Gasteiger partial charge in [-0.2, -0.15) is 13.8 Å². The van der Waals surface area contributed by atoms with E-state index in [1.54, 1.807) is 17.0 Å². The smallest absolute Gasteiger partial charge is 0.342 e. The van der Waals surface area contributed by atoms with Crippen LogP contribution in [-0.4, -0.2) is 60.5 Å². The van der Waals surface area contributed by atoms with Crippen LogP contribution in [0.1, 0.15) is 73.7 Å². The molecule has 2 heterocycles. The summed E-state index contributed by atoms with van der Waals surface area (Å²) >= 11 is 0. The second kappa shape index (κ2) is 10.9. The molecule has 0 atom stereocenters. The van der Waals surface area contributed by atoms with E-state index in [4.69, 9.17) is 4.74 Å². The molecule has 0 unspecified atom stereocenters. The van der Waals surface area contributed by atoms with Crippen LogP contribution in [0.5, 0.6) is 5.75 Å². The highest BCUT2D eigenvalue weighted by Gasteiger charge is 2.48. The lowest BCUT2D eigenvalue weighted by atomic mass is 9.95. The quantitative estimate of drug-likeness (QED) is 0.532. The number of anilines is 4. The molecule has 1 aromatic heterocycles. The van der Waals surface area contributed by atoms with Crippen molar-refractivity contribution in [2.45, 2.75) is 82.7 Å². The van der Waals surface area contributed by atoms with Crippen LogP contribution < -0.4 is 25.2 Å². The summed E-state index contributed by atoms with van der Waals surface area (Å²) in [6.45, 7) is 1.10. The van der Waals surface area contributed by atoms with Crippen LogP contribution in [0.2, 0.25) is 0 Å². The Bertz CT molecular complexity index is 1240. The van der Waals surface area contributed by atoms with E-state index in [0.29, 0.717) is 28.4 Å². The predicted molar refractivity (Wildman–Crippen MR) is 145 cm³/mol. The van der Waals surface area contributed by atoms with Gasteiger partial charge in [0.15, 0.2) is 5.82 Å². The van der Waals surface area contributed by atoms with Crippen molar-refractivity contribution in [3.63, 3.8) is 0 Å². The van der Waals surface area contributed by atoms with Gasteiger partial charge in [-0.3, -0.25) is 9.59 Å². The van der Waals surface area contributed by atoms with Crippen molar-refractivity contribution < 1.29 is 23.1 Å². The molecule has 1 aliphatic heterocycles. The van der Waals surface area contributed by atoms with E-state index in [-0.39, 0.29) is 29.6 Å². The standard InChI is InChI=1S/C28H36F2N6O3/c1-17-20(25(37)32-18-9-5-4-6-10-18)13-14-21(23(17)39-3)33-27-31-15-22-24(34-27)36(19-11-7-8-12-19)16-28(29,30)26(38)35(22)2/h13-15,18-19H,4-12,16H2,1-3H3,(H,32,37)(H,31,33,34). The number of aromatic nitrogens is 2. The van der Waals surface area contributed by atoms with E-state index in [1.807, 2.05) is 6.92 Å². The van der Waals surface area contributed by atoms with E-state index in [1.165, 1.54) is 26.8 Å². The third kappa shape index (κ3) is 5.35.